The molecule has 1 fully saturated rings. The van der Waals surface area contributed by atoms with Crippen LogP contribution in [0.5, 0.6) is 11.5 Å². The lowest BCUT2D eigenvalue weighted by molar-refractivity contribution is -0.126. The van der Waals surface area contributed by atoms with Crippen molar-refractivity contribution in [3.63, 3.8) is 0 Å². The molecule has 7 heteroatoms. The Hall–Kier alpha value is -2.83. The van der Waals surface area contributed by atoms with Gasteiger partial charge in [0.05, 0.1) is 26.0 Å². The van der Waals surface area contributed by atoms with Crippen LogP contribution < -0.4 is 19.7 Å². The summed E-state index contributed by atoms with van der Waals surface area (Å²) in [4.78, 5) is 23.5. The number of nitrogens with one attached hydrogen (secondary N) is 1. The first-order valence-corrected chi connectivity index (χ1v) is 11.1. The number of aromatic nitrogens is 2. The number of carbonyl (C=O) groups is 1. The molecule has 0 aliphatic carbocycles. The average molecular weight is 427 g/mol. The van der Waals surface area contributed by atoms with Gasteiger partial charge in [0.25, 0.3) is 0 Å². The van der Waals surface area contributed by atoms with Crippen LogP contribution in [0.25, 0.3) is 0 Å². The number of carbonyl (C=O) groups excluding carboxylic acids is 1. The van der Waals surface area contributed by atoms with Gasteiger partial charge in [-0.25, -0.2) is 4.98 Å². The Morgan fingerprint density at radius 3 is 2.61 bits per heavy atom. The molecule has 0 bridgehead atoms. The van der Waals surface area contributed by atoms with Crippen LogP contribution in [0.15, 0.2) is 36.8 Å². The Bertz CT molecular complexity index is 836. The van der Waals surface area contributed by atoms with E-state index in [0.29, 0.717) is 18.3 Å². The summed E-state index contributed by atoms with van der Waals surface area (Å²) < 4.78 is 11.4. The highest BCUT2D eigenvalue weighted by atomic mass is 16.5. The first-order chi connectivity index (χ1) is 15.0. The van der Waals surface area contributed by atoms with Gasteiger partial charge in [-0.05, 0) is 49.8 Å². The molecule has 2 heterocycles. The fourth-order valence-corrected chi connectivity index (χ4v) is 3.72. The number of benzene rings is 1. The van der Waals surface area contributed by atoms with Crippen molar-refractivity contribution in [1.29, 1.82) is 0 Å². The maximum Gasteiger partial charge on any atom is 0.223 e. The van der Waals surface area contributed by atoms with E-state index in [2.05, 4.69) is 34.0 Å². The third kappa shape index (κ3) is 6.32. The van der Waals surface area contributed by atoms with E-state index in [-0.39, 0.29) is 17.9 Å². The van der Waals surface area contributed by atoms with Gasteiger partial charge in [-0.1, -0.05) is 19.9 Å². The maximum atomic E-state index is 12.8. The molecule has 1 aliphatic heterocycles. The fraction of sp³-hybridized carbons (Fsp3) is 0.542. The highest BCUT2D eigenvalue weighted by Crippen LogP contribution is 2.31. The summed E-state index contributed by atoms with van der Waals surface area (Å²) in [6, 6.07) is 5.77. The molecule has 1 aliphatic rings. The van der Waals surface area contributed by atoms with Crippen LogP contribution in [0, 0.1) is 11.8 Å². The number of methoxy groups -OCH3 is 1. The van der Waals surface area contributed by atoms with E-state index in [1.807, 2.05) is 25.1 Å². The smallest absolute Gasteiger partial charge is 0.223 e. The zero-order chi connectivity index (χ0) is 22.2. The van der Waals surface area contributed by atoms with Gasteiger partial charge in [0, 0.05) is 31.4 Å². The summed E-state index contributed by atoms with van der Waals surface area (Å²) in [5, 5.41) is 3.17. The van der Waals surface area contributed by atoms with E-state index < -0.39 is 0 Å². The zero-order valence-electron chi connectivity index (χ0n) is 19.0. The van der Waals surface area contributed by atoms with E-state index in [9.17, 15) is 4.79 Å². The van der Waals surface area contributed by atoms with Crippen molar-refractivity contribution in [2.24, 2.45) is 11.8 Å². The van der Waals surface area contributed by atoms with Gasteiger partial charge in [0.2, 0.25) is 5.91 Å². The summed E-state index contributed by atoms with van der Waals surface area (Å²) in [5.74, 6) is 3.00. The standard InChI is InChI=1S/C24H34N4O3/c1-17(2)9-14-31-21-6-5-20(15-22(21)30-4)18(3)27-24(29)19-7-12-28(13-8-19)23-16-25-10-11-26-23/h5-6,10-11,15-19H,7-9,12-14H2,1-4H3,(H,27,29). The van der Waals surface area contributed by atoms with Crippen molar-refractivity contribution in [2.75, 3.05) is 31.7 Å². The molecule has 1 saturated heterocycles. The second-order valence-electron chi connectivity index (χ2n) is 8.50. The number of nitrogens with zero attached hydrogens (tertiary/aromatic N) is 3. The lowest BCUT2D eigenvalue weighted by Crippen LogP contribution is -2.41. The summed E-state index contributed by atoms with van der Waals surface area (Å²) >= 11 is 0. The minimum Gasteiger partial charge on any atom is -0.493 e. The monoisotopic (exact) mass is 426 g/mol. The van der Waals surface area contributed by atoms with Crippen molar-refractivity contribution in [3.8, 4) is 11.5 Å². The van der Waals surface area contributed by atoms with Crippen LogP contribution in [-0.2, 0) is 4.79 Å². The Morgan fingerprint density at radius 2 is 1.97 bits per heavy atom. The Kier molecular flexibility index (Phi) is 8.09. The normalized spacial score (nSPS) is 15.6. The topological polar surface area (TPSA) is 76.6 Å². The molecule has 168 valence electrons. The van der Waals surface area contributed by atoms with Gasteiger partial charge < -0.3 is 19.7 Å². The highest BCUT2D eigenvalue weighted by Gasteiger charge is 2.26. The largest absolute Gasteiger partial charge is 0.493 e. The van der Waals surface area contributed by atoms with Gasteiger partial charge in [-0.3, -0.25) is 9.78 Å². The number of piperidine rings is 1. The Morgan fingerprint density at radius 1 is 1.19 bits per heavy atom. The number of hydrogen-bond acceptors (Lipinski definition) is 6. The molecule has 0 radical (unpaired) electrons. The molecule has 2 aromatic rings. The van der Waals surface area contributed by atoms with Crippen molar-refractivity contribution < 1.29 is 14.3 Å². The molecule has 1 unspecified atom stereocenters. The molecular formula is C24H34N4O3. The van der Waals surface area contributed by atoms with Crippen LogP contribution in [0.4, 0.5) is 5.82 Å². The molecule has 1 aromatic heterocycles. The van der Waals surface area contributed by atoms with Crippen LogP contribution in [0.2, 0.25) is 0 Å². The van der Waals surface area contributed by atoms with E-state index >= 15 is 0 Å². The lowest BCUT2D eigenvalue weighted by Gasteiger charge is -2.32. The van der Waals surface area contributed by atoms with Gasteiger partial charge in [0.1, 0.15) is 5.82 Å². The van der Waals surface area contributed by atoms with E-state index in [4.69, 9.17) is 9.47 Å². The second-order valence-corrected chi connectivity index (χ2v) is 8.50. The van der Waals surface area contributed by atoms with Crippen LogP contribution in [0.3, 0.4) is 0 Å². The summed E-state index contributed by atoms with van der Waals surface area (Å²) in [6.07, 6.45) is 7.75. The van der Waals surface area contributed by atoms with Gasteiger partial charge in [-0.2, -0.15) is 0 Å². The lowest BCUT2D eigenvalue weighted by atomic mass is 9.95. The second kappa shape index (κ2) is 11.0. The molecule has 31 heavy (non-hydrogen) atoms. The van der Waals surface area contributed by atoms with E-state index in [0.717, 1.165) is 49.5 Å². The SMILES string of the molecule is COc1cc(C(C)NC(=O)C2CCN(c3cnccn3)CC2)ccc1OCCC(C)C. The molecule has 3 rings (SSSR count). The Labute approximate surface area is 185 Å². The fourth-order valence-electron chi connectivity index (χ4n) is 3.72. The number of hydrogen-bond donors (Lipinski definition) is 1. The zero-order valence-corrected chi connectivity index (χ0v) is 19.0. The molecule has 0 saturated carbocycles. The van der Waals surface area contributed by atoms with Crippen molar-refractivity contribution in [3.05, 3.63) is 42.4 Å². The quantitative estimate of drug-likeness (QED) is 0.653. The maximum absolute atomic E-state index is 12.8. The predicted octanol–water partition coefficient (Wildman–Crippen LogP) is 4.00. The van der Waals surface area contributed by atoms with Gasteiger partial charge in [0.15, 0.2) is 11.5 Å². The van der Waals surface area contributed by atoms with Crippen molar-refractivity contribution in [2.45, 2.75) is 46.1 Å². The molecule has 1 atom stereocenters. The Balaban J connectivity index is 1.53. The minimum atomic E-state index is -0.107. The predicted molar refractivity (Wildman–Crippen MR) is 121 cm³/mol. The molecule has 1 N–H and O–H groups in total. The van der Waals surface area contributed by atoms with Crippen LogP contribution in [-0.4, -0.2) is 42.7 Å². The number of ether oxygens (including phenoxy) is 2. The first-order valence-electron chi connectivity index (χ1n) is 11.1. The molecule has 7 nitrogen and oxygen atoms in total. The van der Waals surface area contributed by atoms with Crippen molar-refractivity contribution in [1.82, 2.24) is 15.3 Å². The average Bonchev–Trinajstić information content (AvgIpc) is 2.79. The van der Waals surface area contributed by atoms with Gasteiger partial charge >= 0.3 is 0 Å². The molecule has 1 aromatic carbocycles. The molecular weight excluding hydrogens is 392 g/mol. The summed E-state index contributed by atoms with van der Waals surface area (Å²) in [7, 11) is 1.64. The number of anilines is 1. The summed E-state index contributed by atoms with van der Waals surface area (Å²) in [6.45, 7) is 8.62. The molecule has 1 amide bonds. The molecule has 0 spiro atoms. The third-order valence-corrected chi connectivity index (χ3v) is 5.74. The first kappa shape index (κ1) is 22.8. The summed E-state index contributed by atoms with van der Waals surface area (Å²) in [5.41, 5.74) is 0.999. The van der Waals surface area contributed by atoms with Crippen molar-refractivity contribution >= 4 is 11.7 Å². The van der Waals surface area contributed by atoms with E-state index in [1.165, 1.54) is 0 Å². The third-order valence-electron chi connectivity index (χ3n) is 5.74. The van der Waals surface area contributed by atoms with Crippen LogP contribution in [0.1, 0.15) is 51.6 Å². The number of rotatable bonds is 9. The van der Waals surface area contributed by atoms with Gasteiger partial charge in [-0.15, -0.1) is 0 Å². The minimum absolute atomic E-state index is 0.0101. The van der Waals surface area contributed by atoms with E-state index in [1.54, 1.807) is 25.7 Å². The number of amides is 1. The highest BCUT2D eigenvalue weighted by molar-refractivity contribution is 5.79. The van der Waals surface area contributed by atoms with Crippen LogP contribution >= 0.6 is 0 Å².